The Morgan fingerprint density at radius 2 is 1.71 bits per heavy atom. The van der Waals surface area contributed by atoms with Crippen molar-refractivity contribution in [3.05, 3.63) is 48.0 Å². The Bertz CT molecular complexity index is 613. The summed E-state index contributed by atoms with van der Waals surface area (Å²) in [7, 11) is 0. The maximum Gasteiger partial charge on any atom is 0.391 e. The van der Waals surface area contributed by atoms with E-state index in [2.05, 4.69) is 5.32 Å². The van der Waals surface area contributed by atoms with Gasteiger partial charge in [0.1, 0.15) is 0 Å². The normalized spacial score (nSPS) is 22.0. The second-order valence-electron chi connectivity index (χ2n) is 5.79. The predicted octanol–water partition coefficient (Wildman–Crippen LogP) is 3.46. The van der Waals surface area contributed by atoms with Crippen molar-refractivity contribution < 1.29 is 27.9 Å². The standard InChI is InChI=1S/C17H18F3NO3/c18-17(19,20)10-14(11-6-2-1-3-7-11)21-15(22)12-8-4-5-9-13(12)16(23)24/h1-7,12-14H,8-10H2,(H,21,22)(H,23,24)/t12-,13-,14-/m1/s1. The first-order chi connectivity index (χ1) is 11.3. The van der Waals surface area contributed by atoms with Crippen LogP contribution >= 0.6 is 0 Å². The molecule has 0 unspecified atom stereocenters. The minimum absolute atomic E-state index is 0.197. The number of alkyl halides is 3. The molecule has 1 aliphatic carbocycles. The summed E-state index contributed by atoms with van der Waals surface area (Å²) < 4.78 is 38.5. The summed E-state index contributed by atoms with van der Waals surface area (Å²) in [6, 6.07) is 6.63. The predicted molar refractivity (Wildman–Crippen MR) is 81.0 cm³/mol. The van der Waals surface area contributed by atoms with E-state index in [-0.39, 0.29) is 12.8 Å². The lowest BCUT2D eigenvalue weighted by atomic mass is 9.82. The molecule has 130 valence electrons. The van der Waals surface area contributed by atoms with Gasteiger partial charge in [0.15, 0.2) is 0 Å². The highest BCUT2D eigenvalue weighted by Crippen LogP contribution is 2.31. The first kappa shape index (κ1) is 18.0. The van der Waals surface area contributed by atoms with Crippen molar-refractivity contribution in [3.8, 4) is 0 Å². The van der Waals surface area contributed by atoms with E-state index in [1.807, 2.05) is 0 Å². The Morgan fingerprint density at radius 3 is 2.25 bits per heavy atom. The van der Waals surface area contributed by atoms with Crippen molar-refractivity contribution in [1.82, 2.24) is 5.32 Å². The fraction of sp³-hybridized carbons (Fsp3) is 0.412. The van der Waals surface area contributed by atoms with Crippen LogP contribution in [0.1, 0.15) is 30.9 Å². The molecule has 1 amide bonds. The van der Waals surface area contributed by atoms with Gasteiger partial charge in [-0.25, -0.2) is 0 Å². The largest absolute Gasteiger partial charge is 0.481 e. The summed E-state index contributed by atoms with van der Waals surface area (Å²) in [5, 5.41) is 11.6. The molecule has 0 heterocycles. The maximum absolute atomic E-state index is 12.8. The quantitative estimate of drug-likeness (QED) is 0.806. The first-order valence-corrected chi connectivity index (χ1v) is 7.58. The number of halogens is 3. The number of carbonyl (C=O) groups excluding carboxylic acids is 1. The van der Waals surface area contributed by atoms with Crippen LogP contribution < -0.4 is 5.32 Å². The fourth-order valence-electron chi connectivity index (χ4n) is 2.82. The van der Waals surface area contributed by atoms with Gasteiger partial charge in [-0.2, -0.15) is 13.2 Å². The molecule has 0 saturated carbocycles. The number of carboxylic acid groups (broad SMARTS) is 1. The zero-order valence-corrected chi connectivity index (χ0v) is 12.8. The number of amides is 1. The third-order valence-corrected chi connectivity index (χ3v) is 4.04. The van der Waals surface area contributed by atoms with Gasteiger partial charge < -0.3 is 10.4 Å². The van der Waals surface area contributed by atoms with Crippen LogP contribution in [0.5, 0.6) is 0 Å². The number of hydrogen-bond acceptors (Lipinski definition) is 2. The number of carbonyl (C=O) groups is 2. The van der Waals surface area contributed by atoms with Crippen LogP contribution in [0.2, 0.25) is 0 Å². The number of benzene rings is 1. The van der Waals surface area contributed by atoms with E-state index in [0.29, 0.717) is 5.56 Å². The van der Waals surface area contributed by atoms with E-state index in [9.17, 15) is 27.9 Å². The number of allylic oxidation sites excluding steroid dienone is 2. The van der Waals surface area contributed by atoms with Crippen LogP contribution in [0.4, 0.5) is 13.2 Å². The summed E-state index contributed by atoms with van der Waals surface area (Å²) >= 11 is 0. The molecule has 1 aliphatic rings. The average molecular weight is 341 g/mol. The van der Waals surface area contributed by atoms with Crippen molar-refractivity contribution in [3.63, 3.8) is 0 Å². The maximum atomic E-state index is 12.8. The number of hydrogen-bond donors (Lipinski definition) is 2. The summed E-state index contributed by atoms with van der Waals surface area (Å²) in [4.78, 5) is 23.7. The van der Waals surface area contributed by atoms with E-state index >= 15 is 0 Å². The SMILES string of the molecule is O=C(O)[C@@H]1CC=CC[C@H]1C(=O)N[C@H](CC(F)(F)F)c1ccccc1. The second kappa shape index (κ2) is 7.51. The van der Waals surface area contributed by atoms with Gasteiger partial charge in [0.2, 0.25) is 5.91 Å². The molecule has 0 bridgehead atoms. The monoisotopic (exact) mass is 341 g/mol. The highest BCUT2D eigenvalue weighted by molar-refractivity contribution is 5.85. The Kier molecular flexibility index (Phi) is 5.64. The minimum atomic E-state index is -4.45. The molecular formula is C17H18F3NO3. The summed E-state index contributed by atoms with van der Waals surface area (Å²) in [6.45, 7) is 0. The first-order valence-electron chi connectivity index (χ1n) is 7.58. The lowest BCUT2D eigenvalue weighted by Crippen LogP contribution is -2.41. The fourth-order valence-corrected chi connectivity index (χ4v) is 2.82. The molecule has 7 heteroatoms. The zero-order chi connectivity index (χ0) is 17.7. The van der Waals surface area contributed by atoms with Crippen LogP contribution in [-0.4, -0.2) is 23.2 Å². The van der Waals surface area contributed by atoms with Crippen LogP contribution in [-0.2, 0) is 9.59 Å². The van der Waals surface area contributed by atoms with E-state index in [4.69, 9.17) is 0 Å². The lowest BCUT2D eigenvalue weighted by molar-refractivity contribution is -0.150. The molecule has 0 radical (unpaired) electrons. The highest BCUT2D eigenvalue weighted by atomic mass is 19.4. The van der Waals surface area contributed by atoms with Gasteiger partial charge in [0, 0.05) is 0 Å². The molecule has 0 aliphatic heterocycles. The van der Waals surface area contributed by atoms with Gasteiger partial charge in [0.05, 0.1) is 24.3 Å². The highest BCUT2D eigenvalue weighted by Gasteiger charge is 2.38. The summed E-state index contributed by atoms with van der Waals surface area (Å²) in [5.74, 6) is -3.57. The number of aliphatic carboxylic acids is 1. The minimum Gasteiger partial charge on any atom is -0.481 e. The van der Waals surface area contributed by atoms with Crippen molar-refractivity contribution in [2.24, 2.45) is 11.8 Å². The Labute approximate surface area is 137 Å². The van der Waals surface area contributed by atoms with Gasteiger partial charge in [0.25, 0.3) is 0 Å². The molecule has 1 aromatic carbocycles. The zero-order valence-electron chi connectivity index (χ0n) is 12.8. The molecular weight excluding hydrogens is 323 g/mol. The molecule has 4 nitrogen and oxygen atoms in total. The van der Waals surface area contributed by atoms with Gasteiger partial charge in [-0.1, -0.05) is 42.5 Å². The van der Waals surface area contributed by atoms with Crippen LogP contribution in [0, 0.1) is 11.8 Å². The topological polar surface area (TPSA) is 66.4 Å². The molecule has 3 atom stereocenters. The third-order valence-electron chi connectivity index (χ3n) is 4.04. The second-order valence-corrected chi connectivity index (χ2v) is 5.79. The molecule has 0 fully saturated rings. The molecule has 0 saturated heterocycles. The average Bonchev–Trinajstić information content (AvgIpc) is 2.53. The number of carboxylic acids is 1. The molecule has 1 aromatic rings. The van der Waals surface area contributed by atoms with Gasteiger partial charge in [-0.05, 0) is 18.4 Å². The number of nitrogens with one attached hydrogen (secondary N) is 1. The van der Waals surface area contributed by atoms with Crippen molar-refractivity contribution >= 4 is 11.9 Å². The van der Waals surface area contributed by atoms with Crippen molar-refractivity contribution in [2.75, 3.05) is 0 Å². The van der Waals surface area contributed by atoms with E-state index in [1.165, 1.54) is 12.1 Å². The Balaban J connectivity index is 2.17. The molecule has 2 rings (SSSR count). The Morgan fingerprint density at radius 1 is 1.12 bits per heavy atom. The molecule has 0 aromatic heterocycles. The smallest absolute Gasteiger partial charge is 0.391 e. The third kappa shape index (κ3) is 4.84. The van der Waals surface area contributed by atoms with Gasteiger partial charge in [-0.15, -0.1) is 0 Å². The Hall–Kier alpha value is -2.31. The van der Waals surface area contributed by atoms with Gasteiger partial charge in [-0.3, -0.25) is 9.59 Å². The van der Waals surface area contributed by atoms with Crippen LogP contribution in [0.15, 0.2) is 42.5 Å². The van der Waals surface area contributed by atoms with E-state index in [1.54, 1.807) is 30.4 Å². The molecule has 24 heavy (non-hydrogen) atoms. The van der Waals surface area contributed by atoms with Crippen LogP contribution in [0.3, 0.4) is 0 Å². The lowest BCUT2D eigenvalue weighted by Gasteiger charge is -2.27. The van der Waals surface area contributed by atoms with Crippen molar-refractivity contribution in [2.45, 2.75) is 31.5 Å². The van der Waals surface area contributed by atoms with E-state index in [0.717, 1.165) is 0 Å². The van der Waals surface area contributed by atoms with Crippen LogP contribution in [0.25, 0.3) is 0 Å². The molecule has 2 N–H and O–H groups in total. The van der Waals surface area contributed by atoms with Crippen molar-refractivity contribution in [1.29, 1.82) is 0 Å². The van der Waals surface area contributed by atoms with Gasteiger partial charge >= 0.3 is 12.1 Å². The number of rotatable bonds is 5. The molecule has 0 spiro atoms. The summed E-state index contributed by atoms with van der Waals surface area (Å²) in [6.07, 6.45) is -1.90. The van der Waals surface area contributed by atoms with E-state index < -0.39 is 42.4 Å². The summed E-state index contributed by atoms with van der Waals surface area (Å²) in [5.41, 5.74) is 0.335.